The Hall–Kier alpha value is -1.78. The lowest BCUT2D eigenvalue weighted by Crippen LogP contribution is -2.17. The number of carbonyl (C=O) groups is 2. The molecule has 2 N–H and O–H groups in total. The molecule has 0 unspecified atom stereocenters. The van der Waals surface area contributed by atoms with Crippen LogP contribution < -0.4 is 10.6 Å². The highest BCUT2D eigenvalue weighted by molar-refractivity contribution is 14.1. The van der Waals surface area contributed by atoms with Gasteiger partial charge in [0, 0.05) is 26.3 Å². The lowest BCUT2D eigenvalue weighted by Gasteiger charge is -2.01. The van der Waals surface area contributed by atoms with Crippen molar-refractivity contribution in [2.75, 3.05) is 5.32 Å². The first-order chi connectivity index (χ1) is 12.0. The maximum absolute atomic E-state index is 12.3. The number of hydrogen-bond donors (Lipinski definition) is 2. The van der Waals surface area contributed by atoms with Gasteiger partial charge in [-0.25, -0.2) is 4.98 Å². The van der Waals surface area contributed by atoms with Crippen molar-refractivity contribution in [3.63, 3.8) is 0 Å². The quantitative estimate of drug-likeness (QED) is 0.530. The zero-order valence-corrected chi connectivity index (χ0v) is 17.0. The molecule has 0 atom stereocenters. The number of thiophene rings is 1. The number of thiazole rings is 1. The SMILES string of the molecule is CC(=O)NCc1ccc(-c2csc(NC(=O)c3cccc(I)c3)n2)s1. The molecule has 128 valence electrons. The first-order valence-electron chi connectivity index (χ1n) is 7.37. The average molecular weight is 483 g/mol. The minimum Gasteiger partial charge on any atom is -0.351 e. The molecule has 1 aromatic carbocycles. The minimum atomic E-state index is -0.169. The molecule has 8 heteroatoms. The summed E-state index contributed by atoms with van der Waals surface area (Å²) in [5.74, 6) is -0.221. The Bertz CT molecular complexity index is 920. The molecule has 0 fully saturated rings. The third-order valence-electron chi connectivity index (χ3n) is 3.24. The van der Waals surface area contributed by atoms with Gasteiger partial charge < -0.3 is 5.32 Å². The van der Waals surface area contributed by atoms with E-state index in [1.165, 1.54) is 18.3 Å². The first-order valence-corrected chi connectivity index (χ1v) is 10.1. The van der Waals surface area contributed by atoms with Crippen molar-refractivity contribution in [1.82, 2.24) is 10.3 Å². The fourth-order valence-corrected chi connectivity index (χ4v) is 4.30. The van der Waals surface area contributed by atoms with E-state index in [-0.39, 0.29) is 11.8 Å². The van der Waals surface area contributed by atoms with Gasteiger partial charge in [0.05, 0.1) is 17.1 Å². The number of hydrogen-bond acceptors (Lipinski definition) is 5. The number of carbonyl (C=O) groups excluding carboxylic acids is 2. The predicted octanol–water partition coefficient (Wildman–Crippen LogP) is 4.36. The van der Waals surface area contributed by atoms with Crippen molar-refractivity contribution in [3.05, 3.63) is 55.8 Å². The predicted molar refractivity (Wildman–Crippen MR) is 110 cm³/mol. The molecule has 0 bridgehead atoms. The second kappa shape index (κ2) is 8.07. The summed E-state index contributed by atoms with van der Waals surface area (Å²) in [5, 5.41) is 8.09. The number of benzene rings is 1. The summed E-state index contributed by atoms with van der Waals surface area (Å²) >= 11 is 5.14. The smallest absolute Gasteiger partial charge is 0.257 e. The highest BCUT2D eigenvalue weighted by atomic mass is 127. The molecule has 3 aromatic rings. The molecule has 5 nitrogen and oxygen atoms in total. The Balaban J connectivity index is 1.68. The van der Waals surface area contributed by atoms with E-state index in [9.17, 15) is 9.59 Å². The van der Waals surface area contributed by atoms with E-state index in [0.29, 0.717) is 17.2 Å². The normalized spacial score (nSPS) is 10.5. The van der Waals surface area contributed by atoms with E-state index < -0.39 is 0 Å². The Morgan fingerprint density at radius 2 is 2.08 bits per heavy atom. The Kier molecular flexibility index (Phi) is 5.82. The van der Waals surface area contributed by atoms with Gasteiger partial charge in [-0.1, -0.05) is 6.07 Å². The van der Waals surface area contributed by atoms with Gasteiger partial charge >= 0.3 is 0 Å². The largest absolute Gasteiger partial charge is 0.351 e. The van der Waals surface area contributed by atoms with Crippen LogP contribution in [0.3, 0.4) is 0 Å². The number of anilines is 1. The minimum absolute atomic E-state index is 0.0517. The van der Waals surface area contributed by atoms with Gasteiger partial charge in [-0.2, -0.15) is 0 Å². The van der Waals surface area contributed by atoms with E-state index in [2.05, 4.69) is 38.2 Å². The van der Waals surface area contributed by atoms with Crippen molar-refractivity contribution < 1.29 is 9.59 Å². The zero-order valence-electron chi connectivity index (χ0n) is 13.2. The molecular weight excluding hydrogens is 469 g/mol. The number of rotatable bonds is 5. The third kappa shape index (κ3) is 4.86. The average Bonchev–Trinajstić information content (AvgIpc) is 3.22. The molecule has 25 heavy (non-hydrogen) atoms. The summed E-state index contributed by atoms with van der Waals surface area (Å²) in [5.41, 5.74) is 1.43. The molecule has 0 aliphatic rings. The van der Waals surface area contributed by atoms with Crippen LogP contribution in [0.1, 0.15) is 22.2 Å². The highest BCUT2D eigenvalue weighted by Gasteiger charge is 2.11. The van der Waals surface area contributed by atoms with E-state index in [0.717, 1.165) is 19.0 Å². The monoisotopic (exact) mass is 483 g/mol. The van der Waals surface area contributed by atoms with Crippen molar-refractivity contribution in [2.45, 2.75) is 13.5 Å². The summed E-state index contributed by atoms with van der Waals surface area (Å²) in [7, 11) is 0. The van der Waals surface area contributed by atoms with Gasteiger partial charge in [-0.3, -0.25) is 14.9 Å². The molecule has 0 radical (unpaired) electrons. The second-order valence-corrected chi connectivity index (χ2v) is 8.45. The van der Waals surface area contributed by atoms with Crippen LogP contribution >= 0.6 is 45.3 Å². The molecule has 0 aliphatic heterocycles. The van der Waals surface area contributed by atoms with Gasteiger partial charge in [0.25, 0.3) is 5.91 Å². The maximum atomic E-state index is 12.3. The lowest BCUT2D eigenvalue weighted by atomic mass is 10.2. The highest BCUT2D eigenvalue weighted by Crippen LogP contribution is 2.31. The van der Waals surface area contributed by atoms with E-state index in [4.69, 9.17) is 0 Å². The number of aromatic nitrogens is 1. The van der Waals surface area contributed by atoms with Crippen LogP contribution in [-0.4, -0.2) is 16.8 Å². The molecule has 2 amide bonds. The fraction of sp³-hybridized carbons (Fsp3) is 0.118. The van der Waals surface area contributed by atoms with Gasteiger partial charge in [-0.15, -0.1) is 22.7 Å². The summed E-state index contributed by atoms with van der Waals surface area (Å²) in [6, 6.07) is 11.3. The molecule has 0 aliphatic carbocycles. The van der Waals surface area contributed by atoms with Crippen LogP contribution in [0.4, 0.5) is 5.13 Å². The number of amides is 2. The standard InChI is InChI=1S/C17H14IN3O2S2/c1-10(22)19-8-13-5-6-15(25-13)14-9-24-17(20-14)21-16(23)11-3-2-4-12(18)7-11/h2-7,9H,8H2,1H3,(H,19,22)(H,20,21,23). The summed E-state index contributed by atoms with van der Waals surface area (Å²) < 4.78 is 1.01. The van der Waals surface area contributed by atoms with Crippen LogP contribution in [0, 0.1) is 3.57 Å². The van der Waals surface area contributed by atoms with E-state index >= 15 is 0 Å². The van der Waals surface area contributed by atoms with Crippen LogP contribution in [0.25, 0.3) is 10.6 Å². The van der Waals surface area contributed by atoms with Crippen LogP contribution in [-0.2, 0) is 11.3 Å². The number of nitrogens with one attached hydrogen (secondary N) is 2. The molecule has 0 spiro atoms. The van der Waals surface area contributed by atoms with Gasteiger partial charge in [0.2, 0.25) is 5.91 Å². The lowest BCUT2D eigenvalue weighted by molar-refractivity contribution is -0.119. The van der Waals surface area contributed by atoms with Crippen molar-refractivity contribution in [2.24, 2.45) is 0 Å². The molecule has 0 saturated carbocycles. The van der Waals surface area contributed by atoms with Crippen LogP contribution in [0.5, 0.6) is 0 Å². The fourth-order valence-electron chi connectivity index (χ4n) is 2.07. The van der Waals surface area contributed by atoms with Crippen molar-refractivity contribution in [1.29, 1.82) is 0 Å². The zero-order chi connectivity index (χ0) is 17.8. The number of nitrogens with zero attached hydrogens (tertiary/aromatic N) is 1. The summed E-state index contributed by atoms with van der Waals surface area (Å²) in [4.78, 5) is 29.8. The van der Waals surface area contributed by atoms with Crippen LogP contribution in [0.2, 0.25) is 0 Å². The van der Waals surface area contributed by atoms with Crippen molar-refractivity contribution >= 4 is 62.2 Å². The second-order valence-electron chi connectivity index (χ2n) is 5.18. The Morgan fingerprint density at radius 1 is 1.24 bits per heavy atom. The van der Waals surface area contributed by atoms with E-state index in [1.54, 1.807) is 17.4 Å². The Labute approximate surface area is 166 Å². The molecule has 2 aromatic heterocycles. The van der Waals surface area contributed by atoms with Gasteiger partial charge in [0.1, 0.15) is 0 Å². The molecule has 3 rings (SSSR count). The first kappa shape index (κ1) is 18.0. The Morgan fingerprint density at radius 3 is 2.84 bits per heavy atom. The van der Waals surface area contributed by atoms with Crippen LogP contribution in [0.15, 0.2) is 41.8 Å². The molecular formula is C17H14IN3O2S2. The third-order valence-corrected chi connectivity index (χ3v) is 5.77. The maximum Gasteiger partial charge on any atom is 0.257 e. The number of halogens is 1. The van der Waals surface area contributed by atoms with Crippen molar-refractivity contribution in [3.8, 4) is 10.6 Å². The van der Waals surface area contributed by atoms with Gasteiger partial charge in [0.15, 0.2) is 5.13 Å². The van der Waals surface area contributed by atoms with Gasteiger partial charge in [-0.05, 0) is 52.9 Å². The summed E-state index contributed by atoms with van der Waals surface area (Å²) in [6.45, 7) is 2.01. The topological polar surface area (TPSA) is 71.1 Å². The summed E-state index contributed by atoms with van der Waals surface area (Å²) in [6.07, 6.45) is 0. The molecule has 2 heterocycles. The van der Waals surface area contributed by atoms with E-state index in [1.807, 2.05) is 35.7 Å². The molecule has 0 saturated heterocycles.